The molecule has 0 fully saturated rings. The maximum absolute atomic E-state index is 12.4. The number of carbonyl (C=O) groups is 1. The highest BCUT2D eigenvalue weighted by Crippen LogP contribution is 2.21. The molecule has 1 amide bonds. The van der Waals surface area contributed by atoms with Crippen molar-refractivity contribution < 1.29 is 4.79 Å². The number of nitrogen functional groups attached to an aromatic ring is 1. The number of nitrogens with two attached hydrogens (primary N) is 1. The first-order chi connectivity index (χ1) is 12.5. The van der Waals surface area contributed by atoms with Gasteiger partial charge in [-0.2, -0.15) is 0 Å². The second-order valence-corrected chi connectivity index (χ2v) is 6.94. The summed E-state index contributed by atoms with van der Waals surface area (Å²) in [7, 11) is 0. The van der Waals surface area contributed by atoms with Crippen LogP contribution >= 0.6 is 11.3 Å². The largest absolute Gasteiger partial charge is 0.374 e. The van der Waals surface area contributed by atoms with Crippen LogP contribution in [0.15, 0.2) is 30.3 Å². The van der Waals surface area contributed by atoms with Crippen LogP contribution in [0.3, 0.4) is 0 Å². The summed E-state index contributed by atoms with van der Waals surface area (Å²) in [6, 6.07) is 9.08. The molecule has 2 aromatic heterocycles. The Balaban J connectivity index is 1.74. The fraction of sp³-hybridized carbons (Fsp3) is 0.278. The van der Waals surface area contributed by atoms with Crippen LogP contribution in [0.2, 0.25) is 0 Å². The predicted octanol–water partition coefficient (Wildman–Crippen LogP) is 2.94. The number of hydrogen-bond acceptors (Lipinski definition) is 7. The molecule has 3 aromatic rings. The molecule has 2 heterocycles. The molecule has 0 bridgehead atoms. The first-order valence-corrected chi connectivity index (χ1v) is 9.12. The summed E-state index contributed by atoms with van der Waals surface area (Å²) >= 11 is 1.26. The van der Waals surface area contributed by atoms with E-state index in [0.29, 0.717) is 15.7 Å². The third kappa shape index (κ3) is 4.02. The van der Waals surface area contributed by atoms with Crippen molar-refractivity contribution in [3.63, 3.8) is 0 Å². The zero-order valence-electron chi connectivity index (χ0n) is 14.9. The van der Waals surface area contributed by atoms with Gasteiger partial charge in [0.05, 0.1) is 11.7 Å². The van der Waals surface area contributed by atoms with E-state index in [1.165, 1.54) is 11.3 Å². The zero-order chi connectivity index (χ0) is 18.7. The van der Waals surface area contributed by atoms with Crippen molar-refractivity contribution >= 4 is 22.4 Å². The standard InChI is InChI=1S/C18H20N6OS/c1-4-14-9-15(22-11(3)21-14)12-5-7-13(8-6-12)16(25)20-10(2)17-23-24-18(19)26-17/h5-10H,4H2,1-3H3,(H2,19,24)(H,20,25). The first kappa shape index (κ1) is 17.9. The molecule has 3 rings (SSSR count). The van der Waals surface area contributed by atoms with Gasteiger partial charge in [-0.05, 0) is 38.5 Å². The highest BCUT2D eigenvalue weighted by Gasteiger charge is 2.15. The number of rotatable bonds is 5. The van der Waals surface area contributed by atoms with Crippen molar-refractivity contribution in [3.05, 3.63) is 52.4 Å². The number of nitrogens with one attached hydrogen (secondary N) is 1. The third-order valence-electron chi connectivity index (χ3n) is 3.87. The number of carbonyl (C=O) groups excluding carboxylic acids is 1. The predicted molar refractivity (Wildman–Crippen MR) is 102 cm³/mol. The van der Waals surface area contributed by atoms with E-state index >= 15 is 0 Å². The molecule has 3 N–H and O–H groups in total. The summed E-state index contributed by atoms with van der Waals surface area (Å²) in [6.07, 6.45) is 0.852. The van der Waals surface area contributed by atoms with Gasteiger partial charge in [0.15, 0.2) is 0 Å². The van der Waals surface area contributed by atoms with Gasteiger partial charge in [0.25, 0.3) is 5.91 Å². The molecule has 0 saturated carbocycles. The number of anilines is 1. The summed E-state index contributed by atoms with van der Waals surface area (Å²) in [4.78, 5) is 21.3. The molecule has 0 aliphatic rings. The molecule has 0 saturated heterocycles. The van der Waals surface area contributed by atoms with Gasteiger partial charge in [-0.15, -0.1) is 10.2 Å². The van der Waals surface area contributed by atoms with Crippen LogP contribution in [0.1, 0.15) is 46.8 Å². The highest BCUT2D eigenvalue weighted by molar-refractivity contribution is 7.15. The lowest BCUT2D eigenvalue weighted by molar-refractivity contribution is 0.0939. The minimum Gasteiger partial charge on any atom is -0.374 e. The Hall–Kier alpha value is -2.87. The van der Waals surface area contributed by atoms with Crippen LogP contribution in [-0.4, -0.2) is 26.1 Å². The SMILES string of the molecule is CCc1cc(-c2ccc(C(=O)NC(C)c3nnc(N)s3)cc2)nc(C)n1. The van der Waals surface area contributed by atoms with Crippen molar-refractivity contribution in [2.24, 2.45) is 0 Å². The van der Waals surface area contributed by atoms with Crippen LogP contribution in [-0.2, 0) is 6.42 Å². The van der Waals surface area contributed by atoms with Gasteiger partial charge in [-0.1, -0.05) is 30.4 Å². The molecule has 134 valence electrons. The van der Waals surface area contributed by atoms with Crippen LogP contribution in [0.25, 0.3) is 11.3 Å². The minimum absolute atomic E-state index is 0.175. The van der Waals surface area contributed by atoms with Gasteiger partial charge < -0.3 is 11.1 Å². The monoisotopic (exact) mass is 368 g/mol. The lowest BCUT2D eigenvalue weighted by atomic mass is 10.1. The first-order valence-electron chi connectivity index (χ1n) is 8.31. The molecule has 0 aliphatic heterocycles. The number of aryl methyl sites for hydroxylation is 2. The van der Waals surface area contributed by atoms with Crippen LogP contribution in [0.4, 0.5) is 5.13 Å². The molecular formula is C18H20N6OS. The number of benzene rings is 1. The van der Waals surface area contributed by atoms with Crippen LogP contribution < -0.4 is 11.1 Å². The normalized spacial score (nSPS) is 12.0. The Kier molecular flexibility index (Phi) is 5.22. The van der Waals surface area contributed by atoms with Gasteiger partial charge in [0.1, 0.15) is 10.8 Å². The fourth-order valence-electron chi connectivity index (χ4n) is 2.51. The lowest BCUT2D eigenvalue weighted by Crippen LogP contribution is -2.26. The average molecular weight is 368 g/mol. The molecule has 0 radical (unpaired) electrons. The number of amides is 1. The maximum atomic E-state index is 12.4. The van der Waals surface area contributed by atoms with Crippen molar-refractivity contribution in [3.8, 4) is 11.3 Å². The lowest BCUT2D eigenvalue weighted by Gasteiger charge is -2.11. The highest BCUT2D eigenvalue weighted by atomic mass is 32.1. The Morgan fingerprint density at radius 2 is 1.96 bits per heavy atom. The quantitative estimate of drug-likeness (QED) is 0.717. The average Bonchev–Trinajstić information content (AvgIpc) is 3.07. The van der Waals surface area contributed by atoms with Gasteiger partial charge in [0.2, 0.25) is 5.13 Å². The van der Waals surface area contributed by atoms with Gasteiger partial charge in [-0.3, -0.25) is 4.79 Å². The summed E-state index contributed by atoms with van der Waals surface area (Å²) in [5.74, 6) is 0.567. The molecule has 0 spiro atoms. The molecule has 1 atom stereocenters. The summed E-state index contributed by atoms with van der Waals surface area (Å²) in [6.45, 7) is 5.79. The summed E-state index contributed by atoms with van der Waals surface area (Å²) in [5, 5.41) is 11.7. The second-order valence-electron chi connectivity index (χ2n) is 5.90. The Labute approximate surface area is 155 Å². The molecular weight excluding hydrogens is 348 g/mol. The topological polar surface area (TPSA) is 107 Å². The van der Waals surface area contributed by atoms with Crippen molar-refractivity contribution in [2.45, 2.75) is 33.2 Å². The number of nitrogens with zero attached hydrogens (tertiary/aromatic N) is 4. The van der Waals surface area contributed by atoms with Crippen molar-refractivity contribution in [1.29, 1.82) is 0 Å². The molecule has 1 aromatic carbocycles. The minimum atomic E-state index is -0.256. The smallest absolute Gasteiger partial charge is 0.251 e. The van der Waals surface area contributed by atoms with E-state index in [1.807, 2.05) is 32.0 Å². The van der Waals surface area contributed by atoms with E-state index in [-0.39, 0.29) is 11.9 Å². The van der Waals surface area contributed by atoms with E-state index in [4.69, 9.17) is 5.73 Å². The van der Waals surface area contributed by atoms with E-state index in [1.54, 1.807) is 12.1 Å². The summed E-state index contributed by atoms with van der Waals surface area (Å²) < 4.78 is 0. The fourth-order valence-corrected chi connectivity index (χ4v) is 3.13. The Bertz CT molecular complexity index is 922. The van der Waals surface area contributed by atoms with E-state index in [2.05, 4.69) is 32.4 Å². The second kappa shape index (κ2) is 7.57. The van der Waals surface area contributed by atoms with Gasteiger partial charge >= 0.3 is 0 Å². The van der Waals surface area contributed by atoms with Gasteiger partial charge in [0, 0.05) is 16.8 Å². The van der Waals surface area contributed by atoms with E-state index < -0.39 is 0 Å². The molecule has 8 heteroatoms. The molecule has 7 nitrogen and oxygen atoms in total. The van der Waals surface area contributed by atoms with Crippen molar-refractivity contribution in [2.75, 3.05) is 5.73 Å². The van der Waals surface area contributed by atoms with Crippen LogP contribution in [0.5, 0.6) is 0 Å². The zero-order valence-corrected chi connectivity index (χ0v) is 15.7. The molecule has 26 heavy (non-hydrogen) atoms. The van der Waals surface area contributed by atoms with Gasteiger partial charge in [-0.25, -0.2) is 9.97 Å². The maximum Gasteiger partial charge on any atom is 0.251 e. The number of aromatic nitrogens is 4. The Morgan fingerprint density at radius 1 is 1.23 bits per heavy atom. The molecule has 1 unspecified atom stereocenters. The number of hydrogen-bond donors (Lipinski definition) is 2. The van der Waals surface area contributed by atoms with E-state index in [9.17, 15) is 4.79 Å². The molecule has 0 aliphatic carbocycles. The van der Waals surface area contributed by atoms with Crippen molar-refractivity contribution in [1.82, 2.24) is 25.5 Å². The Morgan fingerprint density at radius 3 is 2.58 bits per heavy atom. The van der Waals surface area contributed by atoms with Crippen LogP contribution in [0, 0.1) is 6.92 Å². The van der Waals surface area contributed by atoms with E-state index in [0.717, 1.165) is 29.2 Å². The summed E-state index contributed by atoms with van der Waals surface area (Å²) in [5.41, 5.74) is 8.96. The third-order valence-corrected chi connectivity index (χ3v) is 4.81.